The van der Waals surface area contributed by atoms with Crippen LogP contribution in [0.15, 0.2) is 36.5 Å². The van der Waals surface area contributed by atoms with Crippen molar-refractivity contribution in [1.29, 1.82) is 0 Å². The Morgan fingerprint density at radius 1 is 1.10 bits per heavy atom. The van der Waals surface area contributed by atoms with Gasteiger partial charge in [-0.1, -0.05) is 6.07 Å². The van der Waals surface area contributed by atoms with Crippen LogP contribution in [0.3, 0.4) is 0 Å². The predicted molar refractivity (Wildman–Crippen MR) is 114 cm³/mol. The number of carbonyl (C=O) groups excluding carboxylic acids is 2. The molecule has 1 spiro atoms. The molecule has 0 N–H and O–H groups in total. The number of Topliss-reactive ketones (excluding diaryl/α,β-unsaturated/α-hetero) is 1. The van der Waals surface area contributed by atoms with E-state index in [0.717, 1.165) is 22.0 Å². The molecule has 6 heteroatoms. The zero-order valence-corrected chi connectivity index (χ0v) is 17.6. The second kappa shape index (κ2) is 6.69. The quantitative estimate of drug-likeness (QED) is 0.619. The van der Waals surface area contributed by atoms with Crippen molar-refractivity contribution in [3.63, 3.8) is 0 Å². The molecule has 0 aliphatic carbocycles. The van der Waals surface area contributed by atoms with Gasteiger partial charge in [0.2, 0.25) is 0 Å². The van der Waals surface area contributed by atoms with Gasteiger partial charge in [-0.3, -0.25) is 14.3 Å². The van der Waals surface area contributed by atoms with E-state index >= 15 is 0 Å². The summed E-state index contributed by atoms with van der Waals surface area (Å²) < 4.78 is 8.17. The fraction of sp³-hybridized carbons (Fsp3) is 0.375. The molecule has 30 heavy (non-hydrogen) atoms. The Morgan fingerprint density at radius 3 is 2.60 bits per heavy atom. The molecular weight excluding hydrogens is 378 g/mol. The predicted octanol–water partition coefficient (Wildman–Crippen LogP) is 3.83. The Kier molecular flexibility index (Phi) is 4.20. The highest BCUT2D eigenvalue weighted by atomic mass is 16.5. The van der Waals surface area contributed by atoms with E-state index in [-0.39, 0.29) is 11.7 Å². The van der Waals surface area contributed by atoms with Gasteiger partial charge in [0.25, 0.3) is 5.91 Å². The van der Waals surface area contributed by atoms with Crippen molar-refractivity contribution in [2.45, 2.75) is 38.7 Å². The minimum Gasteiger partial charge on any atom is -0.486 e. The maximum absolute atomic E-state index is 13.1. The highest BCUT2D eigenvalue weighted by Crippen LogP contribution is 2.40. The number of fused-ring (bicyclic) bond motifs is 2. The largest absolute Gasteiger partial charge is 0.486 e. The van der Waals surface area contributed by atoms with Crippen molar-refractivity contribution in [1.82, 2.24) is 14.7 Å². The van der Waals surface area contributed by atoms with Gasteiger partial charge in [-0.2, -0.15) is 5.10 Å². The summed E-state index contributed by atoms with van der Waals surface area (Å²) in [7, 11) is 1.87. The van der Waals surface area contributed by atoms with Gasteiger partial charge < -0.3 is 9.64 Å². The Hall–Kier alpha value is -3.15. The van der Waals surface area contributed by atoms with E-state index < -0.39 is 5.60 Å². The number of amides is 1. The first-order valence-electron chi connectivity index (χ1n) is 10.4. The molecule has 5 rings (SSSR count). The molecule has 2 aromatic carbocycles. The van der Waals surface area contributed by atoms with Crippen molar-refractivity contribution in [3.8, 4) is 5.75 Å². The molecule has 2 aliphatic heterocycles. The van der Waals surface area contributed by atoms with Crippen LogP contribution in [0.4, 0.5) is 0 Å². The first-order chi connectivity index (χ1) is 14.3. The van der Waals surface area contributed by atoms with Crippen LogP contribution in [0.25, 0.3) is 10.9 Å². The molecule has 6 nitrogen and oxygen atoms in total. The van der Waals surface area contributed by atoms with Gasteiger partial charge in [0.05, 0.1) is 23.7 Å². The maximum Gasteiger partial charge on any atom is 0.253 e. The molecule has 0 bridgehead atoms. The number of aromatic nitrogens is 2. The van der Waals surface area contributed by atoms with Gasteiger partial charge in [0.15, 0.2) is 5.78 Å². The SMILES string of the molecule is Cc1cc2c(cc1C)C(=O)CC1(CCN(C(=O)c3ccc4cnn(C)c4c3)CC1)O2. The summed E-state index contributed by atoms with van der Waals surface area (Å²) in [6.45, 7) is 5.21. The van der Waals surface area contributed by atoms with Gasteiger partial charge in [-0.25, -0.2) is 0 Å². The standard InChI is InChI=1S/C24H25N3O3/c1-15-10-19-21(28)13-24(30-22(19)11-16(15)2)6-8-27(9-7-24)23(29)17-4-5-18-14-25-26(3)20(18)12-17/h4-5,10-12,14H,6-9,13H2,1-3H3. The molecule has 154 valence electrons. The molecule has 1 saturated heterocycles. The van der Waals surface area contributed by atoms with Crippen LogP contribution < -0.4 is 4.74 Å². The molecule has 2 aliphatic rings. The highest BCUT2D eigenvalue weighted by Gasteiger charge is 2.43. The zero-order chi connectivity index (χ0) is 21.0. The lowest BCUT2D eigenvalue weighted by atomic mass is 9.81. The number of carbonyl (C=O) groups is 2. The number of hydrogen-bond acceptors (Lipinski definition) is 4. The van der Waals surface area contributed by atoms with Gasteiger partial charge >= 0.3 is 0 Å². The Bertz CT molecular complexity index is 1190. The van der Waals surface area contributed by atoms with Crippen molar-refractivity contribution < 1.29 is 14.3 Å². The normalized spacial score (nSPS) is 17.8. The lowest BCUT2D eigenvalue weighted by molar-refractivity contribution is -0.00575. The lowest BCUT2D eigenvalue weighted by Gasteiger charge is -2.44. The number of likely N-dealkylation sites (tertiary alicyclic amines) is 1. The molecule has 1 aromatic heterocycles. The number of nitrogens with zero attached hydrogens (tertiary/aromatic N) is 3. The fourth-order valence-electron chi connectivity index (χ4n) is 4.61. The van der Waals surface area contributed by atoms with E-state index in [4.69, 9.17) is 4.74 Å². The van der Waals surface area contributed by atoms with E-state index in [9.17, 15) is 9.59 Å². The van der Waals surface area contributed by atoms with Crippen LogP contribution in [0.1, 0.15) is 51.1 Å². The van der Waals surface area contributed by atoms with Crippen LogP contribution in [0, 0.1) is 13.8 Å². The third-order valence-corrected chi connectivity index (χ3v) is 6.66. The van der Waals surface area contributed by atoms with Gasteiger partial charge in [-0.15, -0.1) is 0 Å². The van der Waals surface area contributed by atoms with Crippen LogP contribution >= 0.6 is 0 Å². The number of rotatable bonds is 1. The Balaban J connectivity index is 1.34. The topological polar surface area (TPSA) is 64.4 Å². The molecule has 0 radical (unpaired) electrons. The van der Waals surface area contributed by atoms with Crippen LogP contribution in [0.5, 0.6) is 5.75 Å². The minimum absolute atomic E-state index is 0.0157. The van der Waals surface area contributed by atoms with Crippen molar-refractivity contribution >= 4 is 22.6 Å². The summed E-state index contributed by atoms with van der Waals surface area (Å²) in [6.07, 6.45) is 3.49. The molecule has 3 aromatic rings. The van der Waals surface area contributed by atoms with Crippen LogP contribution in [0.2, 0.25) is 0 Å². The summed E-state index contributed by atoms with van der Waals surface area (Å²) in [5, 5.41) is 5.26. The average Bonchev–Trinajstić information content (AvgIpc) is 3.10. The first-order valence-corrected chi connectivity index (χ1v) is 10.4. The molecular formula is C24H25N3O3. The average molecular weight is 403 g/mol. The number of ketones is 1. The van der Waals surface area contributed by atoms with E-state index in [0.29, 0.717) is 49.2 Å². The van der Waals surface area contributed by atoms with E-state index in [1.54, 1.807) is 10.9 Å². The number of aryl methyl sites for hydroxylation is 3. The smallest absolute Gasteiger partial charge is 0.253 e. The molecule has 0 atom stereocenters. The molecule has 3 heterocycles. The third kappa shape index (κ3) is 2.98. The van der Waals surface area contributed by atoms with Gasteiger partial charge in [0.1, 0.15) is 11.4 Å². The summed E-state index contributed by atoms with van der Waals surface area (Å²) in [5.41, 5.74) is 4.02. The Labute approximate surface area is 175 Å². The van der Waals surface area contributed by atoms with E-state index in [1.165, 1.54) is 0 Å². The molecule has 0 unspecified atom stereocenters. The molecule has 0 saturated carbocycles. The number of hydrogen-bond donors (Lipinski definition) is 0. The maximum atomic E-state index is 13.1. The van der Waals surface area contributed by atoms with Gasteiger partial charge in [-0.05, 0) is 49.2 Å². The summed E-state index contributed by atoms with van der Waals surface area (Å²) in [4.78, 5) is 27.8. The minimum atomic E-state index is -0.505. The zero-order valence-electron chi connectivity index (χ0n) is 17.6. The van der Waals surface area contributed by atoms with Crippen molar-refractivity contribution in [2.24, 2.45) is 7.05 Å². The van der Waals surface area contributed by atoms with Crippen LogP contribution in [-0.4, -0.2) is 45.1 Å². The lowest BCUT2D eigenvalue weighted by Crippen LogP contribution is -2.52. The first kappa shape index (κ1) is 18.9. The Morgan fingerprint density at radius 2 is 1.83 bits per heavy atom. The van der Waals surface area contributed by atoms with Gasteiger partial charge in [0, 0.05) is 43.9 Å². The monoisotopic (exact) mass is 403 g/mol. The third-order valence-electron chi connectivity index (χ3n) is 6.66. The van der Waals surface area contributed by atoms with E-state index in [1.807, 2.05) is 56.1 Å². The molecule has 1 amide bonds. The summed E-state index contributed by atoms with van der Waals surface area (Å²) in [6, 6.07) is 9.61. The van der Waals surface area contributed by atoms with E-state index in [2.05, 4.69) is 5.10 Å². The summed E-state index contributed by atoms with van der Waals surface area (Å²) >= 11 is 0. The number of piperidine rings is 1. The molecule has 1 fully saturated rings. The fourth-order valence-corrected chi connectivity index (χ4v) is 4.61. The second-order valence-corrected chi connectivity index (χ2v) is 8.65. The highest BCUT2D eigenvalue weighted by molar-refractivity contribution is 6.01. The summed E-state index contributed by atoms with van der Waals surface area (Å²) in [5.74, 6) is 0.846. The van der Waals surface area contributed by atoms with Crippen molar-refractivity contribution in [3.05, 3.63) is 58.8 Å². The number of benzene rings is 2. The van der Waals surface area contributed by atoms with Crippen LogP contribution in [-0.2, 0) is 7.05 Å². The van der Waals surface area contributed by atoms with Crippen molar-refractivity contribution in [2.75, 3.05) is 13.1 Å². The number of ether oxygens (including phenoxy) is 1. The second-order valence-electron chi connectivity index (χ2n) is 8.65.